The van der Waals surface area contributed by atoms with E-state index in [1.807, 2.05) is 19.2 Å². The van der Waals surface area contributed by atoms with Gasteiger partial charge in [-0.05, 0) is 48.7 Å². The Kier molecular flexibility index (Phi) is 6.35. The van der Waals surface area contributed by atoms with E-state index in [-0.39, 0.29) is 12.1 Å². The van der Waals surface area contributed by atoms with E-state index >= 15 is 0 Å². The molecule has 0 aliphatic carbocycles. The third-order valence-corrected chi connectivity index (χ3v) is 4.92. The van der Waals surface area contributed by atoms with Crippen LogP contribution in [0.4, 0.5) is 16.2 Å². The zero-order chi connectivity index (χ0) is 19.2. The number of anilines is 2. The van der Waals surface area contributed by atoms with Crippen LogP contribution in [0.5, 0.6) is 0 Å². The molecule has 1 heterocycles. The molecule has 144 valence electrons. The molecule has 5 heteroatoms. The van der Waals surface area contributed by atoms with Crippen molar-refractivity contribution in [1.29, 1.82) is 0 Å². The van der Waals surface area contributed by atoms with Gasteiger partial charge in [0, 0.05) is 38.1 Å². The Labute approximate surface area is 161 Å². The summed E-state index contributed by atoms with van der Waals surface area (Å²) in [5.41, 5.74) is 4.40. The minimum absolute atomic E-state index is 0.109. The summed E-state index contributed by atoms with van der Waals surface area (Å²) in [7, 11) is 1.81. The molecule has 2 aromatic rings. The zero-order valence-corrected chi connectivity index (χ0v) is 16.4. The normalized spacial score (nSPS) is 16.9. The van der Waals surface area contributed by atoms with Gasteiger partial charge in [0.2, 0.25) is 0 Å². The highest BCUT2D eigenvalue weighted by Crippen LogP contribution is 2.20. The quantitative estimate of drug-likeness (QED) is 0.864. The van der Waals surface area contributed by atoms with Crippen LogP contribution in [0.25, 0.3) is 0 Å². The van der Waals surface area contributed by atoms with Gasteiger partial charge < -0.3 is 19.9 Å². The molecule has 0 radical (unpaired) electrons. The first-order chi connectivity index (χ1) is 13.0. The molecule has 1 atom stereocenters. The van der Waals surface area contributed by atoms with E-state index in [1.165, 1.54) is 5.56 Å². The molecule has 1 fully saturated rings. The van der Waals surface area contributed by atoms with Crippen molar-refractivity contribution in [2.45, 2.75) is 32.9 Å². The molecule has 2 aromatic carbocycles. The second-order valence-electron chi connectivity index (χ2n) is 7.13. The van der Waals surface area contributed by atoms with E-state index in [1.54, 1.807) is 4.90 Å². The van der Waals surface area contributed by atoms with Crippen molar-refractivity contribution < 1.29 is 9.53 Å². The average Bonchev–Trinajstić information content (AvgIpc) is 2.69. The highest BCUT2D eigenvalue weighted by Gasteiger charge is 2.17. The molecule has 0 spiro atoms. The minimum Gasteiger partial charge on any atom is -0.375 e. The smallest absolute Gasteiger partial charge is 0.321 e. The molecular formula is C22H29N3O2. The van der Waals surface area contributed by atoms with Crippen molar-refractivity contribution in [1.82, 2.24) is 4.90 Å². The van der Waals surface area contributed by atoms with Gasteiger partial charge >= 0.3 is 6.03 Å². The van der Waals surface area contributed by atoms with Crippen LogP contribution < -0.4 is 10.2 Å². The van der Waals surface area contributed by atoms with Gasteiger partial charge in [0.15, 0.2) is 0 Å². The fourth-order valence-electron chi connectivity index (χ4n) is 3.25. The van der Waals surface area contributed by atoms with Gasteiger partial charge in [-0.1, -0.05) is 31.2 Å². The summed E-state index contributed by atoms with van der Waals surface area (Å²) >= 11 is 0. The van der Waals surface area contributed by atoms with Crippen molar-refractivity contribution in [2.75, 3.05) is 37.0 Å². The monoisotopic (exact) mass is 367 g/mol. The fourth-order valence-corrected chi connectivity index (χ4v) is 3.25. The van der Waals surface area contributed by atoms with Crippen molar-refractivity contribution >= 4 is 17.4 Å². The molecule has 1 saturated heterocycles. The third kappa shape index (κ3) is 5.23. The largest absolute Gasteiger partial charge is 0.375 e. The van der Waals surface area contributed by atoms with Crippen molar-refractivity contribution in [2.24, 2.45) is 0 Å². The van der Waals surface area contributed by atoms with Gasteiger partial charge in [-0.2, -0.15) is 0 Å². The predicted molar refractivity (Wildman–Crippen MR) is 110 cm³/mol. The van der Waals surface area contributed by atoms with Gasteiger partial charge in [0.25, 0.3) is 0 Å². The van der Waals surface area contributed by atoms with Crippen LogP contribution >= 0.6 is 0 Å². The van der Waals surface area contributed by atoms with E-state index in [9.17, 15) is 4.79 Å². The Bertz CT molecular complexity index is 743. The fraction of sp³-hybridized carbons (Fsp3) is 0.409. The van der Waals surface area contributed by atoms with Crippen molar-refractivity contribution in [3.8, 4) is 0 Å². The number of hydrogen-bond acceptors (Lipinski definition) is 3. The molecule has 1 unspecified atom stereocenters. The van der Waals surface area contributed by atoms with Crippen LogP contribution in [0.3, 0.4) is 0 Å². The second-order valence-corrected chi connectivity index (χ2v) is 7.13. The van der Waals surface area contributed by atoms with Gasteiger partial charge in [0.05, 0.1) is 12.7 Å². The summed E-state index contributed by atoms with van der Waals surface area (Å²) in [5, 5.41) is 2.97. The highest BCUT2D eigenvalue weighted by atomic mass is 16.5. The van der Waals surface area contributed by atoms with E-state index in [2.05, 4.69) is 60.5 Å². The molecule has 3 rings (SSSR count). The maximum atomic E-state index is 12.5. The van der Waals surface area contributed by atoms with E-state index in [0.717, 1.165) is 43.1 Å². The first-order valence-electron chi connectivity index (χ1n) is 9.61. The topological polar surface area (TPSA) is 44.8 Å². The van der Waals surface area contributed by atoms with Crippen LogP contribution in [-0.2, 0) is 17.7 Å². The molecule has 5 nitrogen and oxygen atoms in total. The third-order valence-electron chi connectivity index (χ3n) is 4.92. The molecule has 2 amide bonds. The maximum Gasteiger partial charge on any atom is 0.321 e. The number of ether oxygens (including phenoxy) is 1. The van der Waals surface area contributed by atoms with E-state index in [4.69, 9.17) is 4.74 Å². The predicted octanol–water partition coefficient (Wildman–Crippen LogP) is 4.14. The van der Waals surface area contributed by atoms with Crippen LogP contribution in [0.2, 0.25) is 0 Å². The lowest BCUT2D eigenvalue weighted by Crippen LogP contribution is -2.41. The number of hydrogen-bond donors (Lipinski definition) is 1. The number of nitrogens with zero attached hydrogens (tertiary/aromatic N) is 2. The summed E-state index contributed by atoms with van der Waals surface area (Å²) in [5.74, 6) is 0. The summed E-state index contributed by atoms with van der Waals surface area (Å²) in [6.45, 7) is 7.36. The van der Waals surface area contributed by atoms with Gasteiger partial charge in [-0.25, -0.2) is 4.79 Å². The second kappa shape index (κ2) is 8.91. The number of carbonyl (C=O) groups is 1. The first-order valence-corrected chi connectivity index (χ1v) is 9.61. The molecule has 1 aliphatic heterocycles. The number of morpholine rings is 1. The molecular weight excluding hydrogens is 338 g/mol. The lowest BCUT2D eigenvalue weighted by atomic mass is 10.1. The van der Waals surface area contributed by atoms with Crippen molar-refractivity contribution in [3.63, 3.8) is 0 Å². The number of urea groups is 1. The summed E-state index contributed by atoms with van der Waals surface area (Å²) in [4.78, 5) is 16.5. The number of benzene rings is 2. The molecule has 0 aromatic heterocycles. The van der Waals surface area contributed by atoms with Crippen LogP contribution in [0, 0.1) is 0 Å². The zero-order valence-electron chi connectivity index (χ0n) is 16.4. The number of carbonyl (C=O) groups excluding carboxylic acids is 1. The Morgan fingerprint density at radius 3 is 2.44 bits per heavy atom. The van der Waals surface area contributed by atoms with Crippen molar-refractivity contribution in [3.05, 3.63) is 59.7 Å². The van der Waals surface area contributed by atoms with Crippen LogP contribution in [-0.4, -0.2) is 43.8 Å². The number of amides is 2. The van der Waals surface area contributed by atoms with Crippen LogP contribution in [0.15, 0.2) is 48.5 Å². The summed E-state index contributed by atoms with van der Waals surface area (Å²) in [6, 6.07) is 16.3. The van der Waals surface area contributed by atoms with E-state index < -0.39 is 0 Å². The minimum atomic E-state index is -0.109. The molecule has 0 bridgehead atoms. The maximum absolute atomic E-state index is 12.5. The highest BCUT2D eigenvalue weighted by molar-refractivity contribution is 5.89. The molecule has 27 heavy (non-hydrogen) atoms. The Balaban J connectivity index is 1.54. The van der Waals surface area contributed by atoms with Gasteiger partial charge in [0.1, 0.15) is 0 Å². The van der Waals surface area contributed by atoms with Crippen LogP contribution in [0.1, 0.15) is 25.0 Å². The number of rotatable bonds is 5. The Hall–Kier alpha value is -2.53. The standard InChI is InChI=1S/C22H29N3O2/c1-4-18-5-7-19(8-6-18)16-24(3)22(26)23-20-9-11-21(12-10-20)25-13-14-27-17(2)15-25/h5-12,17H,4,13-16H2,1-3H3,(H,23,26). The lowest BCUT2D eigenvalue weighted by molar-refractivity contribution is 0.0532. The number of nitrogens with one attached hydrogen (secondary N) is 1. The Morgan fingerprint density at radius 2 is 1.81 bits per heavy atom. The molecule has 0 saturated carbocycles. The Morgan fingerprint density at radius 1 is 1.15 bits per heavy atom. The SMILES string of the molecule is CCc1ccc(CN(C)C(=O)Nc2ccc(N3CCOC(C)C3)cc2)cc1. The van der Waals surface area contributed by atoms with Gasteiger partial charge in [-0.3, -0.25) is 0 Å². The number of aryl methyl sites for hydroxylation is 1. The summed E-state index contributed by atoms with van der Waals surface area (Å²) in [6.07, 6.45) is 1.27. The van der Waals surface area contributed by atoms with Gasteiger partial charge in [-0.15, -0.1) is 0 Å². The first kappa shape index (κ1) is 19.2. The van der Waals surface area contributed by atoms with E-state index in [0.29, 0.717) is 6.54 Å². The molecule has 1 N–H and O–H groups in total. The average molecular weight is 367 g/mol. The summed E-state index contributed by atoms with van der Waals surface area (Å²) < 4.78 is 5.59. The molecule has 1 aliphatic rings. The lowest BCUT2D eigenvalue weighted by Gasteiger charge is -2.33.